The predicted octanol–water partition coefficient (Wildman–Crippen LogP) is 6.39. The number of aryl methyl sites for hydroxylation is 3. The number of hydrogen-bond acceptors (Lipinski definition) is 5. The first-order valence-electron chi connectivity index (χ1n) is 11.9. The molecule has 0 saturated heterocycles. The lowest BCUT2D eigenvalue weighted by Crippen LogP contribution is -2.15. The van der Waals surface area contributed by atoms with Crippen molar-refractivity contribution in [2.75, 3.05) is 11.1 Å². The van der Waals surface area contributed by atoms with Crippen molar-refractivity contribution >= 4 is 34.4 Å². The van der Waals surface area contributed by atoms with Crippen LogP contribution in [-0.4, -0.2) is 31.4 Å². The largest absolute Gasteiger partial charge is 0.325 e. The molecule has 3 aromatic carbocycles. The first-order valence-corrected chi connectivity index (χ1v) is 12.9. The van der Waals surface area contributed by atoms with Crippen LogP contribution >= 0.6 is 11.8 Å². The lowest BCUT2D eigenvalue weighted by atomic mass is 10.1. The van der Waals surface area contributed by atoms with Gasteiger partial charge in [-0.1, -0.05) is 84.9 Å². The third kappa shape index (κ3) is 4.88. The molecule has 0 aliphatic heterocycles. The van der Waals surface area contributed by atoms with Crippen molar-refractivity contribution in [2.24, 2.45) is 0 Å². The van der Waals surface area contributed by atoms with Crippen LogP contribution in [0.15, 0.2) is 83.9 Å². The van der Waals surface area contributed by atoms with Gasteiger partial charge in [0.05, 0.1) is 22.5 Å². The average Bonchev–Trinajstić information content (AvgIpc) is 3.29. The van der Waals surface area contributed by atoms with Gasteiger partial charge in [0.15, 0.2) is 11.5 Å². The third-order valence-electron chi connectivity index (χ3n) is 5.93. The highest BCUT2D eigenvalue weighted by Gasteiger charge is 2.20. The zero-order valence-corrected chi connectivity index (χ0v) is 21.3. The van der Waals surface area contributed by atoms with Crippen LogP contribution in [0.25, 0.3) is 28.1 Å². The number of para-hydroxylation sites is 1. The van der Waals surface area contributed by atoms with Crippen molar-refractivity contribution < 1.29 is 4.79 Å². The lowest BCUT2D eigenvalue weighted by molar-refractivity contribution is -0.113. The predicted molar refractivity (Wildman–Crippen MR) is 147 cm³/mol. The van der Waals surface area contributed by atoms with Gasteiger partial charge in [-0.15, -0.1) is 0 Å². The smallest absolute Gasteiger partial charge is 0.234 e. The zero-order chi connectivity index (χ0) is 25.1. The average molecular weight is 494 g/mol. The Labute approximate surface area is 214 Å². The Kier molecular flexibility index (Phi) is 6.82. The topological polar surface area (TPSA) is 72.7 Å². The first kappa shape index (κ1) is 23.8. The summed E-state index contributed by atoms with van der Waals surface area (Å²) in [4.78, 5) is 22.8. The number of carbonyl (C=O) groups is 1. The molecule has 1 amide bonds. The van der Waals surface area contributed by atoms with Crippen LogP contribution in [-0.2, 0) is 11.2 Å². The SMILES string of the molecule is CCc1nn(-c2ccccc2)c2nc(-c3ccccc3)nc(SCC(=O)Nc3ccc(C)cc3C)c12. The molecule has 0 unspecified atom stereocenters. The molecule has 1 N–H and O–H groups in total. The molecule has 0 aliphatic rings. The summed E-state index contributed by atoms with van der Waals surface area (Å²) in [5.74, 6) is 0.765. The van der Waals surface area contributed by atoms with Crippen molar-refractivity contribution in [2.45, 2.75) is 32.2 Å². The maximum absolute atomic E-state index is 12.9. The number of anilines is 1. The molecular weight excluding hydrogens is 466 g/mol. The molecule has 6 nitrogen and oxygen atoms in total. The number of hydrogen-bond donors (Lipinski definition) is 1. The Balaban J connectivity index is 1.55. The van der Waals surface area contributed by atoms with Crippen LogP contribution in [0.5, 0.6) is 0 Å². The Bertz CT molecular complexity index is 1530. The van der Waals surface area contributed by atoms with E-state index in [4.69, 9.17) is 15.1 Å². The van der Waals surface area contributed by atoms with Crippen molar-refractivity contribution in [3.8, 4) is 17.1 Å². The van der Waals surface area contributed by atoms with Gasteiger partial charge in [-0.3, -0.25) is 4.79 Å². The molecule has 0 aliphatic carbocycles. The molecule has 0 saturated carbocycles. The minimum absolute atomic E-state index is 0.0755. The lowest BCUT2D eigenvalue weighted by Gasteiger charge is -2.10. The van der Waals surface area contributed by atoms with Crippen LogP contribution in [0.1, 0.15) is 23.7 Å². The van der Waals surface area contributed by atoms with Crippen molar-refractivity contribution in [1.29, 1.82) is 0 Å². The standard InChI is InChI=1S/C29H27N5OS/c1-4-23-26-28(34(33-23)22-13-9-6-10-14-22)31-27(21-11-7-5-8-12-21)32-29(26)36-18-25(35)30-24-16-15-19(2)17-20(24)3/h5-17H,4,18H2,1-3H3,(H,30,35). The normalized spacial score (nSPS) is 11.1. The summed E-state index contributed by atoms with van der Waals surface area (Å²) >= 11 is 1.42. The number of amides is 1. The van der Waals surface area contributed by atoms with Gasteiger partial charge >= 0.3 is 0 Å². The highest BCUT2D eigenvalue weighted by Crippen LogP contribution is 2.32. The number of thioether (sulfide) groups is 1. The molecule has 7 heteroatoms. The Morgan fingerprint density at radius 1 is 0.944 bits per heavy atom. The van der Waals surface area contributed by atoms with Crippen LogP contribution in [0, 0.1) is 13.8 Å². The van der Waals surface area contributed by atoms with E-state index < -0.39 is 0 Å². The Hall–Kier alpha value is -3.97. The summed E-state index contributed by atoms with van der Waals surface area (Å²) in [6, 6.07) is 25.9. The fraction of sp³-hybridized carbons (Fsp3) is 0.172. The van der Waals surface area contributed by atoms with Gasteiger partial charge in [0, 0.05) is 11.3 Å². The van der Waals surface area contributed by atoms with E-state index in [0.717, 1.165) is 50.7 Å². The summed E-state index contributed by atoms with van der Waals surface area (Å²) in [5, 5.41) is 9.58. The summed E-state index contributed by atoms with van der Waals surface area (Å²) in [7, 11) is 0. The summed E-state index contributed by atoms with van der Waals surface area (Å²) in [6.07, 6.45) is 0.729. The van der Waals surface area contributed by atoms with Gasteiger partial charge in [0.1, 0.15) is 5.03 Å². The summed E-state index contributed by atoms with van der Waals surface area (Å²) in [5.41, 5.74) is 6.54. The molecule has 0 fully saturated rings. The highest BCUT2D eigenvalue weighted by atomic mass is 32.2. The second-order valence-electron chi connectivity index (χ2n) is 8.62. The number of rotatable bonds is 7. The molecular formula is C29H27N5OS. The van der Waals surface area contributed by atoms with Gasteiger partial charge in [0.25, 0.3) is 0 Å². The molecule has 5 aromatic rings. The van der Waals surface area contributed by atoms with Gasteiger partial charge in [-0.2, -0.15) is 5.10 Å². The second-order valence-corrected chi connectivity index (χ2v) is 9.58. The molecule has 2 aromatic heterocycles. The van der Waals surface area contributed by atoms with Gasteiger partial charge in [-0.25, -0.2) is 14.6 Å². The van der Waals surface area contributed by atoms with Crippen molar-refractivity contribution in [1.82, 2.24) is 19.7 Å². The highest BCUT2D eigenvalue weighted by molar-refractivity contribution is 8.00. The quantitative estimate of drug-likeness (QED) is 0.210. The van der Waals surface area contributed by atoms with E-state index in [1.54, 1.807) is 0 Å². The number of aromatic nitrogens is 4. The number of fused-ring (bicyclic) bond motifs is 1. The van der Waals surface area contributed by atoms with E-state index in [9.17, 15) is 4.79 Å². The molecule has 0 atom stereocenters. The second kappa shape index (κ2) is 10.3. The molecule has 0 radical (unpaired) electrons. The zero-order valence-electron chi connectivity index (χ0n) is 20.5. The molecule has 180 valence electrons. The third-order valence-corrected chi connectivity index (χ3v) is 6.91. The summed E-state index contributed by atoms with van der Waals surface area (Å²) < 4.78 is 1.88. The molecule has 5 rings (SSSR count). The van der Waals surface area contributed by atoms with E-state index in [2.05, 4.69) is 18.3 Å². The summed E-state index contributed by atoms with van der Waals surface area (Å²) in [6.45, 7) is 6.12. The maximum atomic E-state index is 12.9. The minimum Gasteiger partial charge on any atom is -0.325 e. The Morgan fingerprint density at radius 2 is 1.67 bits per heavy atom. The van der Waals surface area contributed by atoms with Crippen LogP contribution < -0.4 is 5.32 Å². The van der Waals surface area contributed by atoms with E-state index >= 15 is 0 Å². The van der Waals surface area contributed by atoms with Crippen LogP contribution in [0.2, 0.25) is 0 Å². The monoisotopic (exact) mass is 493 g/mol. The number of nitrogens with zero attached hydrogens (tertiary/aromatic N) is 4. The van der Waals surface area contributed by atoms with Gasteiger partial charge < -0.3 is 5.32 Å². The first-order chi connectivity index (χ1) is 17.5. The van der Waals surface area contributed by atoms with Crippen LogP contribution in [0.3, 0.4) is 0 Å². The molecule has 36 heavy (non-hydrogen) atoms. The molecule has 2 heterocycles. The fourth-order valence-electron chi connectivity index (χ4n) is 4.14. The van der Waals surface area contributed by atoms with Crippen molar-refractivity contribution in [3.63, 3.8) is 0 Å². The van der Waals surface area contributed by atoms with Crippen LogP contribution in [0.4, 0.5) is 5.69 Å². The van der Waals surface area contributed by atoms with E-state index in [0.29, 0.717) is 5.82 Å². The van der Waals surface area contributed by atoms with Gasteiger partial charge in [0.2, 0.25) is 5.91 Å². The number of benzene rings is 3. The van der Waals surface area contributed by atoms with Gasteiger partial charge in [-0.05, 0) is 44.0 Å². The van der Waals surface area contributed by atoms with E-state index in [1.165, 1.54) is 17.3 Å². The minimum atomic E-state index is -0.0755. The molecule has 0 spiro atoms. The van der Waals surface area contributed by atoms with E-state index in [-0.39, 0.29) is 11.7 Å². The number of nitrogens with one attached hydrogen (secondary N) is 1. The maximum Gasteiger partial charge on any atom is 0.234 e. The van der Waals surface area contributed by atoms with E-state index in [1.807, 2.05) is 91.3 Å². The Morgan fingerprint density at radius 3 is 2.36 bits per heavy atom. The molecule has 0 bridgehead atoms. The fourth-order valence-corrected chi connectivity index (χ4v) is 4.99. The van der Waals surface area contributed by atoms with Crippen molar-refractivity contribution in [3.05, 3.63) is 95.7 Å². The number of carbonyl (C=O) groups excluding carboxylic acids is 1.